The number of non-ortho nitro benzene ring substituents is 1. The predicted octanol–water partition coefficient (Wildman–Crippen LogP) is 4.82. The van der Waals surface area contributed by atoms with E-state index in [-0.39, 0.29) is 10.8 Å². The van der Waals surface area contributed by atoms with E-state index in [0.29, 0.717) is 11.4 Å². The zero-order valence-corrected chi connectivity index (χ0v) is 19.5. The number of amides is 2. The Labute approximate surface area is 204 Å². The van der Waals surface area contributed by atoms with Gasteiger partial charge in [0.05, 0.1) is 16.3 Å². The van der Waals surface area contributed by atoms with Crippen molar-refractivity contribution in [2.24, 2.45) is 10.9 Å². The highest BCUT2D eigenvalue weighted by Crippen LogP contribution is 2.30. The minimum absolute atomic E-state index is 0.0381. The minimum atomic E-state index is -1.11. The molecule has 1 fully saturated rings. The Morgan fingerprint density at radius 3 is 2.18 bits per heavy atom. The van der Waals surface area contributed by atoms with Gasteiger partial charge in [0.2, 0.25) is 5.91 Å². The van der Waals surface area contributed by atoms with Crippen molar-refractivity contribution < 1.29 is 14.5 Å². The molecule has 1 aliphatic rings. The molecule has 1 saturated heterocycles. The van der Waals surface area contributed by atoms with Gasteiger partial charge in [0, 0.05) is 28.1 Å². The molecule has 34 heavy (non-hydrogen) atoms. The Kier molecular flexibility index (Phi) is 6.80. The lowest BCUT2D eigenvalue weighted by Gasteiger charge is -2.30. The number of benzene rings is 3. The van der Waals surface area contributed by atoms with Crippen LogP contribution in [-0.4, -0.2) is 28.1 Å². The van der Waals surface area contributed by atoms with E-state index in [1.54, 1.807) is 36.4 Å². The van der Waals surface area contributed by atoms with Gasteiger partial charge < -0.3 is 5.32 Å². The lowest BCUT2D eigenvalue weighted by molar-refractivity contribution is -0.384. The number of aryl methyl sites for hydroxylation is 1. The quantitative estimate of drug-likeness (QED) is 0.175. The molecular weight excluding hydrogens is 472 g/mol. The number of nitro benzene ring substituents is 1. The van der Waals surface area contributed by atoms with Crippen LogP contribution in [0.25, 0.3) is 0 Å². The van der Waals surface area contributed by atoms with Crippen LogP contribution in [0.3, 0.4) is 0 Å². The smallest absolute Gasteiger partial charge is 0.269 e. The van der Waals surface area contributed by atoms with Crippen molar-refractivity contribution in [3.8, 4) is 0 Å². The molecular formula is C24H18N4O4S2. The molecule has 1 heterocycles. The van der Waals surface area contributed by atoms with Gasteiger partial charge in [-0.05, 0) is 67.7 Å². The summed E-state index contributed by atoms with van der Waals surface area (Å²) in [5, 5.41) is 13.4. The van der Waals surface area contributed by atoms with Crippen LogP contribution >= 0.6 is 24.0 Å². The summed E-state index contributed by atoms with van der Waals surface area (Å²) in [6.45, 7) is 1.94. The van der Waals surface area contributed by atoms with Crippen LogP contribution in [-0.2, 0) is 9.59 Å². The van der Waals surface area contributed by atoms with Crippen LogP contribution in [0, 0.1) is 23.0 Å². The first kappa shape index (κ1) is 23.3. The fourth-order valence-electron chi connectivity index (χ4n) is 3.19. The van der Waals surface area contributed by atoms with Crippen LogP contribution in [0.1, 0.15) is 5.56 Å². The number of nitrogens with zero attached hydrogens (tertiary/aromatic N) is 3. The molecule has 1 N–H and O–H groups in total. The van der Waals surface area contributed by atoms with Gasteiger partial charge in [-0.1, -0.05) is 29.5 Å². The zero-order valence-electron chi connectivity index (χ0n) is 17.9. The van der Waals surface area contributed by atoms with Crippen LogP contribution in [0.15, 0.2) is 87.6 Å². The number of carbonyl (C=O) groups excluding carboxylic acids is 2. The molecule has 8 nitrogen and oxygen atoms in total. The van der Waals surface area contributed by atoms with Gasteiger partial charge in [0.15, 0.2) is 11.0 Å². The molecule has 0 bridgehead atoms. The molecule has 1 aliphatic heterocycles. The van der Waals surface area contributed by atoms with E-state index in [2.05, 4.69) is 10.3 Å². The summed E-state index contributed by atoms with van der Waals surface area (Å²) in [6, 6.07) is 20.8. The monoisotopic (exact) mass is 490 g/mol. The highest BCUT2D eigenvalue weighted by molar-refractivity contribution is 7.99. The van der Waals surface area contributed by atoms with E-state index < -0.39 is 22.7 Å². The van der Waals surface area contributed by atoms with Gasteiger partial charge >= 0.3 is 0 Å². The molecule has 170 valence electrons. The number of hydrogen-bond donors (Lipinski definition) is 1. The normalized spacial score (nSPS) is 16.1. The standard InChI is InChI=1S/C24H18N4O4S2/c1-15-2-6-17(7-3-15)27-23(30)21(22(29)26-24(27)33)14-25-16-4-10-19(11-5-16)34-20-12-8-18(9-13-20)28(31)32/h2-14,21H,1H3,(H,26,29,33)/t21-/m0/s1. The summed E-state index contributed by atoms with van der Waals surface area (Å²) < 4.78 is 0. The molecule has 0 spiro atoms. The van der Waals surface area contributed by atoms with Gasteiger partial charge in [-0.25, -0.2) is 0 Å². The summed E-state index contributed by atoms with van der Waals surface area (Å²) in [7, 11) is 0. The number of hydrogen-bond acceptors (Lipinski definition) is 7. The molecule has 3 aromatic carbocycles. The molecule has 10 heteroatoms. The number of thiocarbonyl (C=S) groups is 1. The summed E-state index contributed by atoms with van der Waals surface area (Å²) in [5.41, 5.74) is 2.23. The fourth-order valence-corrected chi connectivity index (χ4v) is 4.31. The first-order valence-corrected chi connectivity index (χ1v) is 11.4. The average Bonchev–Trinajstić information content (AvgIpc) is 2.81. The SMILES string of the molecule is Cc1ccc(N2C(=O)[C@@H](C=Nc3ccc(Sc4ccc([N+](=O)[O-])cc4)cc3)C(=O)NC2=S)cc1. The Balaban J connectivity index is 1.46. The topological polar surface area (TPSA) is 105 Å². The number of anilines is 1. The second-order valence-electron chi connectivity index (χ2n) is 7.41. The van der Waals surface area contributed by atoms with Crippen molar-refractivity contribution in [3.05, 3.63) is 88.5 Å². The summed E-state index contributed by atoms with van der Waals surface area (Å²) in [4.78, 5) is 43.2. The number of carbonyl (C=O) groups is 2. The van der Waals surface area contributed by atoms with Crippen molar-refractivity contribution in [3.63, 3.8) is 0 Å². The van der Waals surface area contributed by atoms with Crippen molar-refractivity contribution in [2.75, 3.05) is 4.90 Å². The third-order valence-electron chi connectivity index (χ3n) is 4.99. The Hall–Kier alpha value is -3.89. The first-order valence-electron chi connectivity index (χ1n) is 10.1. The molecule has 0 aromatic heterocycles. The lowest BCUT2D eigenvalue weighted by Crippen LogP contribution is -2.58. The second-order valence-corrected chi connectivity index (χ2v) is 8.94. The van der Waals surface area contributed by atoms with E-state index in [9.17, 15) is 19.7 Å². The number of nitro groups is 1. The summed E-state index contributed by atoms with van der Waals surface area (Å²) >= 11 is 6.66. The third-order valence-corrected chi connectivity index (χ3v) is 6.29. The average molecular weight is 491 g/mol. The predicted molar refractivity (Wildman–Crippen MR) is 135 cm³/mol. The molecule has 2 amide bonds. The Morgan fingerprint density at radius 1 is 1.00 bits per heavy atom. The first-order chi connectivity index (χ1) is 16.3. The molecule has 1 atom stereocenters. The van der Waals surface area contributed by atoms with Gasteiger partial charge in [-0.15, -0.1) is 0 Å². The molecule has 0 unspecified atom stereocenters. The Morgan fingerprint density at radius 2 is 1.59 bits per heavy atom. The molecule has 3 aromatic rings. The maximum atomic E-state index is 13.0. The van der Waals surface area contributed by atoms with Crippen molar-refractivity contribution in [2.45, 2.75) is 16.7 Å². The van der Waals surface area contributed by atoms with Gasteiger partial charge in [0.25, 0.3) is 11.6 Å². The zero-order chi connectivity index (χ0) is 24.2. The largest absolute Gasteiger partial charge is 0.301 e. The maximum absolute atomic E-state index is 13.0. The van der Waals surface area contributed by atoms with E-state index in [4.69, 9.17) is 12.2 Å². The number of rotatable bonds is 6. The minimum Gasteiger partial charge on any atom is -0.301 e. The van der Waals surface area contributed by atoms with E-state index in [1.807, 2.05) is 31.2 Å². The van der Waals surface area contributed by atoms with Crippen molar-refractivity contribution in [1.29, 1.82) is 0 Å². The van der Waals surface area contributed by atoms with Gasteiger partial charge in [-0.2, -0.15) is 0 Å². The highest BCUT2D eigenvalue weighted by Gasteiger charge is 2.38. The second kappa shape index (κ2) is 9.94. The van der Waals surface area contributed by atoms with E-state index in [1.165, 1.54) is 35.0 Å². The molecule has 0 radical (unpaired) electrons. The fraction of sp³-hybridized carbons (Fsp3) is 0.0833. The lowest BCUT2D eigenvalue weighted by atomic mass is 10.1. The van der Waals surface area contributed by atoms with E-state index >= 15 is 0 Å². The number of aliphatic imine (C=N–C) groups is 1. The van der Waals surface area contributed by atoms with Crippen LogP contribution < -0.4 is 10.2 Å². The van der Waals surface area contributed by atoms with Crippen LogP contribution in [0.5, 0.6) is 0 Å². The highest BCUT2D eigenvalue weighted by atomic mass is 32.2. The molecule has 0 saturated carbocycles. The van der Waals surface area contributed by atoms with Gasteiger partial charge in [0.1, 0.15) is 0 Å². The third kappa shape index (κ3) is 5.19. The Bertz CT molecular complexity index is 1290. The maximum Gasteiger partial charge on any atom is 0.269 e. The van der Waals surface area contributed by atoms with Gasteiger partial charge in [-0.3, -0.25) is 29.6 Å². The summed E-state index contributed by atoms with van der Waals surface area (Å²) in [5.74, 6) is -2.10. The van der Waals surface area contributed by atoms with E-state index in [0.717, 1.165) is 15.4 Å². The number of nitrogens with one attached hydrogen (secondary N) is 1. The van der Waals surface area contributed by atoms with Crippen molar-refractivity contribution >= 4 is 64.2 Å². The molecule has 0 aliphatic carbocycles. The van der Waals surface area contributed by atoms with Crippen molar-refractivity contribution in [1.82, 2.24) is 5.32 Å². The molecule has 4 rings (SSSR count). The van der Waals surface area contributed by atoms with Crippen LogP contribution in [0.4, 0.5) is 17.1 Å². The summed E-state index contributed by atoms with van der Waals surface area (Å²) in [6.07, 6.45) is 1.32. The van der Waals surface area contributed by atoms with Crippen LogP contribution in [0.2, 0.25) is 0 Å².